The first-order chi connectivity index (χ1) is 11.7. The van der Waals surface area contributed by atoms with Gasteiger partial charge in [0.05, 0.1) is 12.3 Å². The quantitative estimate of drug-likeness (QED) is 0.894. The summed E-state index contributed by atoms with van der Waals surface area (Å²) in [5.74, 6) is 1.72. The highest BCUT2D eigenvalue weighted by Gasteiger charge is 2.35. The maximum Gasteiger partial charge on any atom is 0.243 e. The number of carbonyl (C=O) groups excluding carboxylic acids is 2. The highest BCUT2D eigenvalue weighted by Crippen LogP contribution is 2.28. The number of rotatable bonds is 5. The average Bonchev–Trinajstić information content (AvgIpc) is 3.14. The van der Waals surface area contributed by atoms with Crippen LogP contribution in [0.5, 0.6) is 0 Å². The lowest BCUT2D eigenvalue weighted by Crippen LogP contribution is -2.48. The number of benzene rings is 1. The zero-order valence-corrected chi connectivity index (χ0v) is 14.1. The van der Waals surface area contributed by atoms with Crippen molar-refractivity contribution in [3.8, 4) is 0 Å². The topological polar surface area (TPSA) is 75.4 Å². The van der Waals surface area contributed by atoms with Gasteiger partial charge in [0.15, 0.2) is 5.58 Å². The van der Waals surface area contributed by atoms with Gasteiger partial charge in [-0.2, -0.15) is 0 Å². The van der Waals surface area contributed by atoms with E-state index in [4.69, 9.17) is 4.52 Å². The standard InChI is InChI=1S/C17H19N3O3S/c21-16(7-13-12-3-1-2-4-15(12)23-19-13)20-10-24-9-14(20)17(22)18-8-11-5-6-11/h1-4,11,14H,5-10H2,(H,18,22). The van der Waals surface area contributed by atoms with Crippen LogP contribution in [-0.4, -0.2) is 46.1 Å². The van der Waals surface area contributed by atoms with Crippen LogP contribution >= 0.6 is 11.8 Å². The molecular weight excluding hydrogens is 326 g/mol. The Morgan fingerprint density at radius 3 is 3.00 bits per heavy atom. The number of aromatic nitrogens is 1. The molecule has 2 fully saturated rings. The van der Waals surface area contributed by atoms with E-state index in [1.807, 2.05) is 24.3 Å². The third-order valence-electron chi connectivity index (χ3n) is 4.54. The number of hydrogen-bond acceptors (Lipinski definition) is 5. The second-order valence-electron chi connectivity index (χ2n) is 6.37. The normalized spacial score (nSPS) is 20.5. The average molecular weight is 345 g/mol. The van der Waals surface area contributed by atoms with Crippen molar-refractivity contribution in [2.75, 3.05) is 18.2 Å². The Bertz CT molecular complexity index is 771. The van der Waals surface area contributed by atoms with Crippen molar-refractivity contribution in [3.63, 3.8) is 0 Å². The number of carbonyl (C=O) groups is 2. The number of hydrogen-bond donors (Lipinski definition) is 1. The first-order valence-electron chi connectivity index (χ1n) is 8.20. The van der Waals surface area contributed by atoms with Crippen LogP contribution in [0.15, 0.2) is 28.8 Å². The zero-order valence-electron chi connectivity index (χ0n) is 13.2. The summed E-state index contributed by atoms with van der Waals surface area (Å²) in [6.45, 7) is 0.732. The molecule has 1 aromatic carbocycles. The molecule has 1 saturated carbocycles. The van der Waals surface area contributed by atoms with E-state index < -0.39 is 0 Å². The largest absolute Gasteiger partial charge is 0.356 e. The van der Waals surface area contributed by atoms with Gasteiger partial charge in [0.1, 0.15) is 11.7 Å². The molecule has 1 N–H and O–H groups in total. The lowest BCUT2D eigenvalue weighted by molar-refractivity contribution is -0.137. The van der Waals surface area contributed by atoms with E-state index in [0.29, 0.717) is 28.8 Å². The fraction of sp³-hybridized carbons (Fsp3) is 0.471. The van der Waals surface area contributed by atoms with E-state index in [1.54, 1.807) is 16.7 Å². The fourth-order valence-electron chi connectivity index (χ4n) is 2.90. The Morgan fingerprint density at radius 1 is 1.33 bits per heavy atom. The van der Waals surface area contributed by atoms with Gasteiger partial charge < -0.3 is 14.7 Å². The number of para-hydroxylation sites is 1. The minimum absolute atomic E-state index is 0.0368. The molecule has 24 heavy (non-hydrogen) atoms. The highest BCUT2D eigenvalue weighted by molar-refractivity contribution is 7.99. The summed E-state index contributed by atoms with van der Waals surface area (Å²) < 4.78 is 5.25. The summed E-state index contributed by atoms with van der Waals surface area (Å²) in [4.78, 5) is 26.7. The van der Waals surface area contributed by atoms with E-state index in [2.05, 4.69) is 10.5 Å². The molecule has 2 amide bonds. The lowest BCUT2D eigenvalue weighted by Gasteiger charge is -2.22. The molecule has 0 radical (unpaired) electrons. The van der Waals surface area contributed by atoms with Crippen molar-refractivity contribution < 1.29 is 14.1 Å². The Morgan fingerprint density at radius 2 is 2.17 bits per heavy atom. The summed E-state index contributed by atoms with van der Waals surface area (Å²) in [7, 11) is 0. The molecule has 6 nitrogen and oxygen atoms in total. The summed E-state index contributed by atoms with van der Waals surface area (Å²) >= 11 is 1.61. The summed E-state index contributed by atoms with van der Waals surface area (Å²) in [6.07, 6.45) is 2.55. The maximum absolute atomic E-state index is 12.7. The highest BCUT2D eigenvalue weighted by atomic mass is 32.2. The van der Waals surface area contributed by atoms with Crippen molar-refractivity contribution in [1.82, 2.24) is 15.4 Å². The van der Waals surface area contributed by atoms with Crippen LogP contribution in [-0.2, 0) is 16.0 Å². The van der Waals surface area contributed by atoms with E-state index in [-0.39, 0.29) is 24.3 Å². The molecular formula is C17H19N3O3S. The first-order valence-corrected chi connectivity index (χ1v) is 9.36. The van der Waals surface area contributed by atoms with Gasteiger partial charge in [-0.1, -0.05) is 17.3 Å². The Balaban J connectivity index is 1.43. The van der Waals surface area contributed by atoms with Gasteiger partial charge in [-0.15, -0.1) is 11.8 Å². The monoisotopic (exact) mass is 345 g/mol. The molecule has 1 aliphatic carbocycles. The number of amides is 2. The van der Waals surface area contributed by atoms with Crippen LogP contribution < -0.4 is 5.32 Å². The Labute approximate surface area is 143 Å². The summed E-state index contributed by atoms with van der Waals surface area (Å²) in [5.41, 5.74) is 1.31. The number of thioether (sulfide) groups is 1. The summed E-state index contributed by atoms with van der Waals surface area (Å²) in [6, 6.07) is 7.12. The number of nitrogens with one attached hydrogen (secondary N) is 1. The smallest absolute Gasteiger partial charge is 0.243 e. The number of nitrogens with zero attached hydrogens (tertiary/aromatic N) is 2. The fourth-order valence-corrected chi connectivity index (χ4v) is 4.08. The Kier molecular flexibility index (Phi) is 4.18. The molecule has 0 spiro atoms. The minimum Gasteiger partial charge on any atom is -0.356 e. The van der Waals surface area contributed by atoms with Crippen LogP contribution in [0.3, 0.4) is 0 Å². The van der Waals surface area contributed by atoms with Gasteiger partial charge in [0.2, 0.25) is 11.8 Å². The van der Waals surface area contributed by atoms with Crippen molar-refractivity contribution in [2.45, 2.75) is 25.3 Å². The second kappa shape index (κ2) is 6.47. The van der Waals surface area contributed by atoms with Crippen LogP contribution in [0, 0.1) is 5.92 Å². The van der Waals surface area contributed by atoms with Crippen molar-refractivity contribution >= 4 is 34.5 Å². The molecule has 1 aliphatic heterocycles. The van der Waals surface area contributed by atoms with Crippen LogP contribution in [0.2, 0.25) is 0 Å². The summed E-state index contributed by atoms with van der Waals surface area (Å²) in [5, 5.41) is 7.85. The molecule has 126 valence electrons. The zero-order chi connectivity index (χ0) is 16.5. The van der Waals surface area contributed by atoms with Gasteiger partial charge in [-0.25, -0.2) is 0 Å². The predicted octanol–water partition coefficient (Wildman–Crippen LogP) is 1.80. The molecule has 4 rings (SSSR count). The molecule has 2 aliphatic rings. The third kappa shape index (κ3) is 3.13. The minimum atomic E-state index is -0.376. The molecule has 1 aromatic heterocycles. The van der Waals surface area contributed by atoms with E-state index in [0.717, 1.165) is 11.9 Å². The maximum atomic E-state index is 12.7. The first kappa shape index (κ1) is 15.5. The molecule has 1 atom stereocenters. The molecule has 2 aromatic rings. The molecule has 0 bridgehead atoms. The molecule has 1 saturated heterocycles. The second-order valence-corrected chi connectivity index (χ2v) is 7.37. The molecule has 7 heteroatoms. The van der Waals surface area contributed by atoms with Gasteiger partial charge >= 0.3 is 0 Å². The van der Waals surface area contributed by atoms with Crippen molar-refractivity contribution in [2.24, 2.45) is 5.92 Å². The third-order valence-corrected chi connectivity index (χ3v) is 5.55. The van der Waals surface area contributed by atoms with E-state index >= 15 is 0 Å². The van der Waals surface area contributed by atoms with Crippen LogP contribution in [0.25, 0.3) is 11.0 Å². The van der Waals surface area contributed by atoms with E-state index in [1.165, 1.54) is 12.8 Å². The number of fused-ring (bicyclic) bond motifs is 1. The molecule has 2 heterocycles. The van der Waals surface area contributed by atoms with E-state index in [9.17, 15) is 9.59 Å². The van der Waals surface area contributed by atoms with Crippen LogP contribution in [0.4, 0.5) is 0 Å². The van der Waals surface area contributed by atoms with Crippen LogP contribution in [0.1, 0.15) is 18.5 Å². The van der Waals surface area contributed by atoms with Crippen molar-refractivity contribution in [1.29, 1.82) is 0 Å². The van der Waals surface area contributed by atoms with Gasteiger partial charge in [-0.3, -0.25) is 9.59 Å². The van der Waals surface area contributed by atoms with Gasteiger partial charge in [-0.05, 0) is 30.9 Å². The SMILES string of the molecule is O=C(NCC1CC1)C1CSCN1C(=O)Cc1noc2ccccc12. The molecule has 1 unspecified atom stereocenters. The predicted molar refractivity (Wildman–Crippen MR) is 91.4 cm³/mol. The van der Waals surface area contributed by atoms with Gasteiger partial charge in [0, 0.05) is 17.7 Å². The van der Waals surface area contributed by atoms with Gasteiger partial charge in [0.25, 0.3) is 0 Å². The van der Waals surface area contributed by atoms with Crippen molar-refractivity contribution in [3.05, 3.63) is 30.0 Å². The Hall–Kier alpha value is -2.02. The lowest BCUT2D eigenvalue weighted by atomic mass is 10.1.